The molecule has 1 aliphatic rings. The second-order valence-corrected chi connectivity index (χ2v) is 8.28. The highest BCUT2D eigenvalue weighted by Crippen LogP contribution is 2.37. The van der Waals surface area contributed by atoms with E-state index in [1.807, 2.05) is 0 Å². The normalized spacial score (nSPS) is 20.5. The average Bonchev–Trinajstić information content (AvgIpc) is 2.46. The molecule has 0 saturated heterocycles. The van der Waals surface area contributed by atoms with E-state index in [1.165, 1.54) is 6.21 Å². The third-order valence-electron chi connectivity index (χ3n) is 4.03. The molecule has 0 saturated carbocycles. The van der Waals surface area contributed by atoms with E-state index in [9.17, 15) is 8.42 Å². The highest BCUT2D eigenvalue weighted by Gasteiger charge is 2.26. The van der Waals surface area contributed by atoms with E-state index in [1.54, 1.807) is 30.3 Å². The van der Waals surface area contributed by atoms with E-state index >= 15 is 0 Å². The van der Waals surface area contributed by atoms with Crippen LogP contribution in [-0.2, 0) is 10.0 Å². The molecule has 2 rings (SSSR count). The van der Waals surface area contributed by atoms with Crippen LogP contribution in [-0.4, -0.2) is 14.6 Å². The van der Waals surface area contributed by atoms with Gasteiger partial charge >= 0.3 is 0 Å². The Kier molecular flexibility index (Phi) is 4.67. The van der Waals surface area contributed by atoms with Gasteiger partial charge in [-0.25, -0.2) is 0 Å². The maximum absolute atomic E-state index is 12.1. The number of sulfonamides is 1. The Hall–Kier alpha value is -1.42. The van der Waals surface area contributed by atoms with Crippen LogP contribution in [0.15, 0.2) is 51.3 Å². The van der Waals surface area contributed by atoms with Crippen LogP contribution in [0, 0.1) is 11.3 Å². The summed E-state index contributed by atoms with van der Waals surface area (Å²) in [5.41, 5.74) is 1.27. The van der Waals surface area contributed by atoms with Crippen molar-refractivity contribution in [2.45, 2.75) is 44.9 Å². The third-order valence-corrected chi connectivity index (χ3v) is 5.28. The van der Waals surface area contributed by atoms with Crippen molar-refractivity contribution in [1.29, 1.82) is 0 Å². The summed E-state index contributed by atoms with van der Waals surface area (Å²) in [5, 5.41) is 0. The Balaban J connectivity index is 2.13. The van der Waals surface area contributed by atoms with E-state index < -0.39 is 10.0 Å². The van der Waals surface area contributed by atoms with Crippen molar-refractivity contribution >= 4 is 16.2 Å². The first-order valence-electron chi connectivity index (χ1n) is 7.33. The van der Waals surface area contributed by atoms with E-state index in [0.717, 1.165) is 24.8 Å². The van der Waals surface area contributed by atoms with E-state index in [0.29, 0.717) is 5.92 Å². The number of hydrogen-bond acceptors (Lipinski definition) is 2. The van der Waals surface area contributed by atoms with Crippen molar-refractivity contribution in [2.24, 2.45) is 15.7 Å². The van der Waals surface area contributed by atoms with Crippen LogP contribution in [0.5, 0.6) is 0 Å². The molecule has 0 amide bonds. The van der Waals surface area contributed by atoms with Gasteiger partial charge in [0.15, 0.2) is 0 Å². The van der Waals surface area contributed by atoms with E-state index in [4.69, 9.17) is 0 Å². The lowest BCUT2D eigenvalue weighted by atomic mass is 9.72. The zero-order chi connectivity index (χ0) is 15.5. The van der Waals surface area contributed by atoms with Crippen molar-refractivity contribution in [3.8, 4) is 0 Å². The fourth-order valence-electron chi connectivity index (χ4n) is 2.57. The molecule has 114 valence electrons. The third kappa shape index (κ3) is 4.27. The molecule has 1 aliphatic carbocycles. The molecule has 0 aliphatic heterocycles. The van der Waals surface area contributed by atoms with Crippen LogP contribution in [0.2, 0.25) is 0 Å². The predicted octanol–water partition coefficient (Wildman–Crippen LogP) is 4.22. The molecule has 0 aromatic heterocycles. The fourth-order valence-corrected chi connectivity index (χ4v) is 3.47. The van der Waals surface area contributed by atoms with Crippen LogP contribution < -0.4 is 0 Å². The van der Waals surface area contributed by atoms with Crippen LogP contribution >= 0.6 is 0 Å². The minimum atomic E-state index is -3.58. The van der Waals surface area contributed by atoms with Gasteiger partial charge in [0.25, 0.3) is 10.0 Å². The molecule has 1 atom stereocenters. The van der Waals surface area contributed by atoms with Crippen LogP contribution in [0.3, 0.4) is 0 Å². The van der Waals surface area contributed by atoms with Gasteiger partial charge in [-0.05, 0) is 48.3 Å². The molecular weight excluding hydrogens is 282 g/mol. The van der Waals surface area contributed by atoms with Crippen molar-refractivity contribution in [3.05, 3.63) is 42.0 Å². The molecule has 0 spiro atoms. The number of hydrogen-bond donors (Lipinski definition) is 0. The summed E-state index contributed by atoms with van der Waals surface area (Å²) in [6.07, 6.45) is 6.69. The Labute approximate surface area is 127 Å². The number of allylic oxidation sites excluding steroid dienone is 2. The first-order valence-corrected chi connectivity index (χ1v) is 8.77. The van der Waals surface area contributed by atoms with Crippen LogP contribution in [0.1, 0.15) is 40.0 Å². The molecule has 0 heterocycles. The highest BCUT2D eigenvalue weighted by atomic mass is 32.2. The minimum absolute atomic E-state index is 0.241. The summed E-state index contributed by atoms with van der Waals surface area (Å²) in [5.74, 6) is 0.573. The van der Waals surface area contributed by atoms with Gasteiger partial charge < -0.3 is 0 Å². The van der Waals surface area contributed by atoms with Gasteiger partial charge in [0.2, 0.25) is 0 Å². The van der Waals surface area contributed by atoms with Crippen molar-refractivity contribution < 1.29 is 8.42 Å². The molecular formula is C17H23NO2S. The Bertz CT molecular complexity index is 637. The Morgan fingerprint density at radius 2 is 1.86 bits per heavy atom. The highest BCUT2D eigenvalue weighted by molar-refractivity contribution is 7.90. The predicted molar refractivity (Wildman–Crippen MR) is 87.0 cm³/mol. The second-order valence-electron chi connectivity index (χ2n) is 6.65. The minimum Gasteiger partial charge on any atom is -0.199 e. The monoisotopic (exact) mass is 305 g/mol. The van der Waals surface area contributed by atoms with Crippen molar-refractivity contribution in [1.82, 2.24) is 0 Å². The average molecular weight is 305 g/mol. The van der Waals surface area contributed by atoms with Crippen molar-refractivity contribution in [3.63, 3.8) is 0 Å². The summed E-state index contributed by atoms with van der Waals surface area (Å²) < 4.78 is 28.1. The topological polar surface area (TPSA) is 46.5 Å². The van der Waals surface area contributed by atoms with Gasteiger partial charge in [-0.1, -0.05) is 45.0 Å². The zero-order valence-corrected chi connectivity index (χ0v) is 13.7. The second kappa shape index (κ2) is 6.14. The first-order chi connectivity index (χ1) is 9.79. The van der Waals surface area contributed by atoms with Crippen LogP contribution in [0.4, 0.5) is 0 Å². The van der Waals surface area contributed by atoms with Gasteiger partial charge in [-0.15, -0.1) is 0 Å². The van der Waals surface area contributed by atoms with Gasteiger partial charge in [0, 0.05) is 6.21 Å². The largest absolute Gasteiger partial charge is 0.282 e. The molecule has 0 fully saturated rings. The fraction of sp³-hybridized carbons (Fsp3) is 0.471. The van der Waals surface area contributed by atoms with E-state index in [-0.39, 0.29) is 10.3 Å². The SMILES string of the molecule is CC(C)(C)[C@@H]1CCC=C(/C=N/S(=O)(=O)c2ccccc2)C1. The van der Waals surface area contributed by atoms with E-state index in [2.05, 4.69) is 31.2 Å². The summed E-state index contributed by atoms with van der Waals surface area (Å²) in [6.45, 7) is 6.70. The van der Waals surface area contributed by atoms with Gasteiger partial charge in [0.1, 0.15) is 0 Å². The molecule has 4 heteroatoms. The maximum atomic E-state index is 12.1. The number of nitrogens with zero attached hydrogens (tertiary/aromatic N) is 1. The molecule has 0 radical (unpaired) electrons. The summed E-state index contributed by atoms with van der Waals surface area (Å²) >= 11 is 0. The summed E-state index contributed by atoms with van der Waals surface area (Å²) in [4.78, 5) is 0.241. The van der Waals surface area contributed by atoms with Crippen LogP contribution in [0.25, 0.3) is 0 Å². The quantitative estimate of drug-likeness (QED) is 0.785. The molecule has 1 aromatic carbocycles. The first kappa shape index (κ1) is 16.0. The lowest BCUT2D eigenvalue weighted by molar-refractivity contribution is 0.221. The number of benzene rings is 1. The molecule has 1 aromatic rings. The molecule has 0 bridgehead atoms. The summed E-state index contributed by atoms with van der Waals surface area (Å²) in [6, 6.07) is 8.34. The smallest absolute Gasteiger partial charge is 0.199 e. The zero-order valence-electron chi connectivity index (χ0n) is 12.9. The molecule has 0 unspecified atom stereocenters. The lowest BCUT2D eigenvalue weighted by Crippen LogP contribution is -2.23. The number of rotatable bonds is 3. The van der Waals surface area contributed by atoms with Gasteiger partial charge in [0.05, 0.1) is 4.90 Å². The Morgan fingerprint density at radius 1 is 1.19 bits per heavy atom. The molecule has 0 N–H and O–H groups in total. The maximum Gasteiger partial charge on any atom is 0.282 e. The molecule has 3 nitrogen and oxygen atoms in total. The lowest BCUT2D eigenvalue weighted by Gasteiger charge is -2.33. The Morgan fingerprint density at radius 3 is 2.48 bits per heavy atom. The molecule has 21 heavy (non-hydrogen) atoms. The summed E-state index contributed by atoms with van der Waals surface area (Å²) in [7, 11) is -3.58. The van der Waals surface area contributed by atoms with Gasteiger partial charge in [-0.2, -0.15) is 12.8 Å². The standard InChI is InChI=1S/C17H23NO2S/c1-17(2,3)15-9-7-8-14(12-15)13-18-21(19,20)16-10-5-4-6-11-16/h4-6,8,10-11,13,15H,7,9,12H2,1-3H3/b18-13+/t15-/m1/s1. The van der Waals surface area contributed by atoms with Crippen molar-refractivity contribution in [2.75, 3.05) is 0 Å². The van der Waals surface area contributed by atoms with Gasteiger partial charge in [-0.3, -0.25) is 0 Å².